The number of hydrogen-bond acceptors (Lipinski definition) is 2. The van der Waals surface area contributed by atoms with E-state index in [0.29, 0.717) is 12.0 Å². The third kappa shape index (κ3) is 2.89. The van der Waals surface area contributed by atoms with E-state index in [1.165, 1.54) is 11.1 Å². The molecule has 2 amide bonds. The van der Waals surface area contributed by atoms with E-state index in [4.69, 9.17) is 0 Å². The highest BCUT2D eigenvalue weighted by molar-refractivity contribution is 5.89. The van der Waals surface area contributed by atoms with Gasteiger partial charge in [0.25, 0.3) is 0 Å². The number of fused-ring (bicyclic) bond motifs is 1. The molecule has 4 rings (SSSR count). The summed E-state index contributed by atoms with van der Waals surface area (Å²) in [6.45, 7) is 5.94. The molecule has 2 aromatic carbocycles. The number of carbonyl (C=O) groups is 1. The molecule has 2 atom stereocenters. The van der Waals surface area contributed by atoms with E-state index >= 15 is 0 Å². The minimum absolute atomic E-state index is 0.0199. The number of likely N-dealkylation sites (tertiary alicyclic amines) is 2. The van der Waals surface area contributed by atoms with Gasteiger partial charge in [0.1, 0.15) is 0 Å². The lowest BCUT2D eigenvalue weighted by atomic mass is 9.91. The molecule has 2 heterocycles. The van der Waals surface area contributed by atoms with Gasteiger partial charge in [0.05, 0.1) is 0 Å². The summed E-state index contributed by atoms with van der Waals surface area (Å²) in [7, 11) is 0. The summed E-state index contributed by atoms with van der Waals surface area (Å²) in [5.74, 6) is 0.621. The number of para-hydroxylation sites is 1. The highest BCUT2D eigenvalue weighted by atomic mass is 16.2. The molecule has 2 aliphatic heterocycles. The zero-order valence-corrected chi connectivity index (χ0v) is 14.0. The Morgan fingerprint density at radius 3 is 2.58 bits per heavy atom. The highest BCUT2D eigenvalue weighted by Gasteiger charge is 2.46. The Morgan fingerprint density at radius 1 is 1.04 bits per heavy atom. The molecule has 2 saturated heterocycles. The van der Waals surface area contributed by atoms with Crippen molar-refractivity contribution in [2.45, 2.75) is 19.5 Å². The van der Waals surface area contributed by atoms with Crippen LogP contribution in [0.1, 0.15) is 11.1 Å². The number of anilines is 1. The molecule has 24 heavy (non-hydrogen) atoms. The van der Waals surface area contributed by atoms with Crippen LogP contribution in [0, 0.1) is 12.8 Å². The van der Waals surface area contributed by atoms with E-state index in [-0.39, 0.29) is 6.03 Å². The first kappa shape index (κ1) is 15.2. The summed E-state index contributed by atoms with van der Waals surface area (Å²) < 4.78 is 0. The average Bonchev–Trinajstić information content (AvgIpc) is 2.92. The number of nitrogens with one attached hydrogen (secondary N) is 1. The molecule has 2 aliphatic rings. The first-order valence-corrected chi connectivity index (χ1v) is 8.60. The van der Waals surface area contributed by atoms with Crippen LogP contribution in [0.4, 0.5) is 10.5 Å². The van der Waals surface area contributed by atoms with Crippen molar-refractivity contribution in [3.05, 3.63) is 65.7 Å². The Labute approximate surface area is 143 Å². The molecule has 0 spiro atoms. The second kappa shape index (κ2) is 6.29. The van der Waals surface area contributed by atoms with Crippen LogP contribution < -0.4 is 5.32 Å². The van der Waals surface area contributed by atoms with Gasteiger partial charge in [-0.3, -0.25) is 4.90 Å². The molecule has 0 aromatic heterocycles. The molecule has 124 valence electrons. The minimum atomic E-state index is 0.0199. The zero-order valence-electron chi connectivity index (χ0n) is 14.0. The number of benzene rings is 2. The van der Waals surface area contributed by atoms with Gasteiger partial charge in [-0.2, -0.15) is 0 Å². The van der Waals surface area contributed by atoms with Gasteiger partial charge in [-0.1, -0.05) is 42.5 Å². The Hall–Kier alpha value is -2.33. The monoisotopic (exact) mass is 321 g/mol. The number of amides is 2. The summed E-state index contributed by atoms with van der Waals surface area (Å²) in [5, 5.41) is 2.99. The second-order valence-electron chi connectivity index (χ2n) is 6.88. The summed E-state index contributed by atoms with van der Waals surface area (Å²) in [6.07, 6.45) is 0. The summed E-state index contributed by atoms with van der Waals surface area (Å²) >= 11 is 0. The molecule has 2 aromatic rings. The van der Waals surface area contributed by atoms with Crippen LogP contribution in [0.15, 0.2) is 54.6 Å². The minimum Gasteiger partial charge on any atom is -0.323 e. The predicted octanol–water partition coefficient (Wildman–Crippen LogP) is 3.34. The topological polar surface area (TPSA) is 35.6 Å². The summed E-state index contributed by atoms with van der Waals surface area (Å²) in [4.78, 5) is 16.9. The van der Waals surface area contributed by atoms with Crippen molar-refractivity contribution in [1.82, 2.24) is 9.80 Å². The maximum atomic E-state index is 12.4. The molecule has 4 nitrogen and oxygen atoms in total. The number of carbonyl (C=O) groups excluding carboxylic acids is 1. The van der Waals surface area contributed by atoms with Crippen LogP contribution in [-0.4, -0.2) is 41.5 Å². The molecule has 4 heteroatoms. The summed E-state index contributed by atoms with van der Waals surface area (Å²) in [5.41, 5.74) is 3.60. The van der Waals surface area contributed by atoms with E-state index in [1.807, 2.05) is 35.2 Å². The van der Waals surface area contributed by atoms with Crippen LogP contribution >= 0.6 is 0 Å². The number of hydrogen-bond donors (Lipinski definition) is 1. The SMILES string of the molecule is Cc1ccccc1CN1CC2CN(C(=O)Nc3ccccc3)CC21. The van der Waals surface area contributed by atoms with Gasteiger partial charge in [-0.05, 0) is 30.2 Å². The largest absolute Gasteiger partial charge is 0.323 e. The lowest BCUT2D eigenvalue weighted by molar-refractivity contribution is 0.0433. The Bertz CT molecular complexity index is 731. The second-order valence-corrected chi connectivity index (χ2v) is 6.88. The van der Waals surface area contributed by atoms with Gasteiger partial charge in [-0.15, -0.1) is 0 Å². The smallest absolute Gasteiger partial charge is 0.321 e. The van der Waals surface area contributed by atoms with Crippen LogP contribution in [-0.2, 0) is 6.54 Å². The standard InChI is InChI=1S/C20H23N3O/c1-15-7-5-6-8-16(15)11-22-12-17-13-23(14-19(17)22)20(24)21-18-9-3-2-4-10-18/h2-10,17,19H,11-14H2,1H3,(H,21,24). The van der Waals surface area contributed by atoms with E-state index in [0.717, 1.165) is 31.9 Å². The Balaban J connectivity index is 1.35. The zero-order chi connectivity index (χ0) is 16.5. The quantitative estimate of drug-likeness (QED) is 0.941. The van der Waals surface area contributed by atoms with E-state index in [2.05, 4.69) is 41.4 Å². The van der Waals surface area contributed by atoms with Crippen molar-refractivity contribution < 1.29 is 4.79 Å². The summed E-state index contributed by atoms with van der Waals surface area (Å²) in [6, 6.07) is 18.8. The fourth-order valence-corrected chi connectivity index (χ4v) is 3.82. The van der Waals surface area contributed by atoms with Crippen molar-refractivity contribution in [3.8, 4) is 0 Å². The van der Waals surface area contributed by atoms with Crippen LogP contribution in [0.25, 0.3) is 0 Å². The van der Waals surface area contributed by atoms with Gasteiger partial charge in [0.15, 0.2) is 0 Å². The van der Waals surface area contributed by atoms with Crippen molar-refractivity contribution in [2.75, 3.05) is 25.0 Å². The Morgan fingerprint density at radius 2 is 1.79 bits per heavy atom. The molecule has 0 radical (unpaired) electrons. The van der Waals surface area contributed by atoms with Crippen molar-refractivity contribution in [3.63, 3.8) is 0 Å². The van der Waals surface area contributed by atoms with Gasteiger partial charge in [0.2, 0.25) is 0 Å². The van der Waals surface area contributed by atoms with Gasteiger partial charge < -0.3 is 10.2 Å². The van der Waals surface area contributed by atoms with E-state index in [1.54, 1.807) is 0 Å². The molecule has 2 unspecified atom stereocenters. The highest BCUT2D eigenvalue weighted by Crippen LogP contribution is 2.34. The predicted molar refractivity (Wildman–Crippen MR) is 95.9 cm³/mol. The van der Waals surface area contributed by atoms with E-state index in [9.17, 15) is 4.79 Å². The fraction of sp³-hybridized carbons (Fsp3) is 0.350. The maximum absolute atomic E-state index is 12.4. The first-order valence-electron chi connectivity index (χ1n) is 8.60. The van der Waals surface area contributed by atoms with Crippen LogP contribution in [0.2, 0.25) is 0 Å². The third-order valence-corrected chi connectivity index (χ3v) is 5.29. The molecular formula is C20H23N3O. The maximum Gasteiger partial charge on any atom is 0.321 e. The Kier molecular flexibility index (Phi) is 3.98. The number of rotatable bonds is 3. The van der Waals surface area contributed by atoms with Crippen molar-refractivity contribution >= 4 is 11.7 Å². The lowest BCUT2D eigenvalue weighted by Gasteiger charge is -2.43. The molecular weight excluding hydrogens is 298 g/mol. The number of nitrogens with zero attached hydrogens (tertiary/aromatic N) is 2. The van der Waals surface area contributed by atoms with Gasteiger partial charge in [0, 0.05) is 43.8 Å². The van der Waals surface area contributed by atoms with Crippen molar-refractivity contribution in [2.24, 2.45) is 5.92 Å². The molecule has 0 bridgehead atoms. The average molecular weight is 321 g/mol. The normalized spacial score (nSPS) is 22.8. The van der Waals surface area contributed by atoms with Crippen LogP contribution in [0.3, 0.4) is 0 Å². The molecule has 0 aliphatic carbocycles. The molecule has 0 saturated carbocycles. The van der Waals surface area contributed by atoms with Crippen LogP contribution in [0.5, 0.6) is 0 Å². The molecule has 2 fully saturated rings. The lowest BCUT2D eigenvalue weighted by Crippen LogP contribution is -2.54. The number of aryl methyl sites for hydroxylation is 1. The fourth-order valence-electron chi connectivity index (χ4n) is 3.82. The van der Waals surface area contributed by atoms with Gasteiger partial charge >= 0.3 is 6.03 Å². The van der Waals surface area contributed by atoms with Crippen molar-refractivity contribution in [1.29, 1.82) is 0 Å². The first-order chi connectivity index (χ1) is 11.7. The van der Waals surface area contributed by atoms with Gasteiger partial charge in [-0.25, -0.2) is 4.79 Å². The van der Waals surface area contributed by atoms with E-state index < -0.39 is 0 Å². The third-order valence-electron chi connectivity index (χ3n) is 5.29. The molecule has 1 N–H and O–H groups in total. The number of urea groups is 1.